The molecule has 0 spiro atoms. The second-order valence-electron chi connectivity index (χ2n) is 7.22. The molecule has 2 aliphatic rings. The van der Waals surface area contributed by atoms with Crippen LogP contribution in [0.1, 0.15) is 17.5 Å². The van der Waals surface area contributed by atoms with Crippen LogP contribution < -0.4 is 0 Å². The summed E-state index contributed by atoms with van der Waals surface area (Å²) in [6, 6.07) is 9.71. The number of benzene rings is 1. The van der Waals surface area contributed by atoms with Crippen LogP contribution in [0, 0.1) is 22.7 Å². The monoisotopic (exact) mass is 359 g/mol. The molecule has 0 bridgehead atoms. The first-order chi connectivity index (χ1) is 12.1. The molecule has 5 nitrogen and oxygen atoms in total. The fourth-order valence-corrected chi connectivity index (χ4v) is 4.66. The lowest BCUT2D eigenvalue weighted by atomic mass is 9.81. The molecule has 0 radical (unpaired) electrons. The van der Waals surface area contributed by atoms with Gasteiger partial charge in [0.15, 0.2) is 0 Å². The third-order valence-corrected chi connectivity index (χ3v) is 6.19. The quantitative estimate of drug-likeness (QED) is 0.752. The summed E-state index contributed by atoms with van der Waals surface area (Å²) in [7, 11) is 0. The predicted octanol–water partition coefficient (Wildman–Crippen LogP) is 2.13. The number of rotatable bonds is 7. The fourth-order valence-electron chi connectivity index (χ4n) is 4.24. The summed E-state index contributed by atoms with van der Waals surface area (Å²) in [5.41, 5.74) is 1.17. The number of carboxylic acids is 1. The SMILES string of the molecule is CSCCCN1C[C@@H]2CN(Cc3ccc(C#N)cc3)C[C@]2(C(=O)O)C1. The maximum absolute atomic E-state index is 12.1. The maximum atomic E-state index is 12.1. The molecule has 3 rings (SSSR count). The summed E-state index contributed by atoms with van der Waals surface area (Å²) in [6.07, 6.45) is 3.23. The van der Waals surface area contributed by atoms with Gasteiger partial charge in [-0.05, 0) is 42.7 Å². The molecule has 2 saturated heterocycles. The van der Waals surface area contributed by atoms with Crippen molar-refractivity contribution in [3.63, 3.8) is 0 Å². The number of carboxylic acid groups (broad SMARTS) is 1. The zero-order valence-corrected chi connectivity index (χ0v) is 15.5. The van der Waals surface area contributed by atoms with E-state index in [9.17, 15) is 9.90 Å². The molecule has 0 aromatic heterocycles. The summed E-state index contributed by atoms with van der Waals surface area (Å²) in [5, 5.41) is 18.8. The molecule has 134 valence electrons. The zero-order valence-electron chi connectivity index (χ0n) is 14.6. The molecule has 2 aliphatic heterocycles. The molecule has 6 heteroatoms. The highest BCUT2D eigenvalue weighted by molar-refractivity contribution is 7.98. The van der Waals surface area contributed by atoms with Gasteiger partial charge in [-0.1, -0.05) is 12.1 Å². The smallest absolute Gasteiger partial charge is 0.312 e. The first kappa shape index (κ1) is 18.2. The molecule has 0 amide bonds. The van der Waals surface area contributed by atoms with E-state index in [2.05, 4.69) is 22.1 Å². The molecular weight excluding hydrogens is 334 g/mol. The Morgan fingerprint density at radius 3 is 2.60 bits per heavy atom. The van der Waals surface area contributed by atoms with Crippen molar-refractivity contribution in [1.82, 2.24) is 9.80 Å². The van der Waals surface area contributed by atoms with Gasteiger partial charge in [0.25, 0.3) is 0 Å². The number of nitrogens with zero attached hydrogens (tertiary/aromatic N) is 3. The van der Waals surface area contributed by atoms with Crippen molar-refractivity contribution in [2.75, 3.05) is 44.7 Å². The van der Waals surface area contributed by atoms with Gasteiger partial charge in [0.2, 0.25) is 0 Å². The van der Waals surface area contributed by atoms with Gasteiger partial charge in [-0.3, -0.25) is 9.69 Å². The van der Waals surface area contributed by atoms with Crippen LogP contribution in [0.2, 0.25) is 0 Å². The Bertz CT molecular complexity index is 658. The third kappa shape index (κ3) is 3.84. The molecule has 0 saturated carbocycles. The van der Waals surface area contributed by atoms with Gasteiger partial charge >= 0.3 is 5.97 Å². The van der Waals surface area contributed by atoms with Crippen molar-refractivity contribution < 1.29 is 9.90 Å². The molecule has 1 N–H and O–H groups in total. The van der Waals surface area contributed by atoms with Crippen LogP contribution in [-0.2, 0) is 11.3 Å². The Labute approximate surface area is 153 Å². The Morgan fingerprint density at radius 2 is 2.00 bits per heavy atom. The van der Waals surface area contributed by atoms with E-state index in [-0.39, 0.29) is 5.92 Å². The van der Waals surface area contributed by atoms with Crippen LogP contribution in [-0.4, -0.2) is 65.6 Å². The largest absolute Gasteiger partial charge is 0.481 e. The van der Waals surface area contributed by atoms with Crippen LogP contribution >= 0.6 is 11.8 Å². The topological polar surface area (TPSA) is 67.6 Å². The molecule has 2 heterocycles. The van der Waals surface area contributed by atoms with Gasteiger partial charge in [0, 0.05) is 38.6 Å². The minimum atomic E-state index is -0.646. The number of hydrogen-bond acceptors (Lipinski definition) is 5. The van der Waals surface area contributed by atoms with Crippen LogP contribution in [0.3, 0.4) is 0 Å². The number of carbonyl (C=O) groups is 1. The summed E-state index contributed by atoms with van der Waals surface area (Å²) in [5.74, 6) is 0.691. The van der Waals surface area contributed by atoms with E-state index in [0.29, 0.717) is 18.7 Å². The number of nitriles is 1. The molecule has 1 aromatic carbocycles. The Kier molecular flexibility index (Phi) is 5.67. The van der Waals surface area contributed by atoms with E-state index >= 15 is 0 Å². The highest BCUT2D eigenvalue weighted by Gasteiger charge is 2.57. The predicted molar refractivity (Wildman–Crippen MR) is 99.4 cm³/mol. The summed E-state index contributed by atoms with van der Waals surface area (Å²) >= 11 is 1.84. The maximum Gasteiger partial charge on any atom is 0.312 e. The number of thioether (sulfide) groups is 1. The van der Waals surface area contributed by atoms with E-state index in [1.165, 1.54) is 0 Å². The van der Waals surface area contributed by atoms with Crippen LogP contribution in [0.4, 0.5) is 0 Å². The molecule has 0 unspecified atom stereocenters. The highest BCUT2D eigenvalue weighted by Crippen LogP contribution is 2.43. The number of aliphatic carboxylic acids is 1. The van der Waals surface area contributed by atoms with Crippen LogP contribution in [0.5, 0.6) is 0 Å². The summed E-state index contributed by atoms with van der Waals surface area (Å²) < 4.78 is 0. The normalized spacial score (nSPS) is 26.5. The molecule has 2 fully saturated rings. The molecule has 25 heavy (non-hydrogen) atoms. The van der Waals surface area contributed by atoms with Gasteiger partial charge in [0.05, 0.1) is 17.0 Å². The minimum Gasteiger partial charge on any atom is -0.481 e. The van der Waals surface area contributed by atoms with Crippen molar-refractivity contribution in [2.24, 2.45) is 11.3 Å². The standard InChI is InChI=1S/C19H25N3O2S/c1-25-8-2-7-21-11-17-12-22(14-19(17,13-21)18(23)24)10-16-5-3-15(9-20)4-6-16/h3-6,17H,2,7-8,10-14H2,1H3,(H,23,24)/t17-,19-/m1/s1. The first-order valence-electron chi connectivity index (χ1n) is 8.73. The number of hydrogen-bond donors (Lipinski definition) is 1. The third-order valence-electron chi connectivity index (χ3n) is 5.49. The minimum absolute atomic E-state index is 0.206. The fraction of sp³-hybridized carbons (Fsp3) is 0.579. The lowest BCUT2D eigenvalue weighted by molar-refractivity contribution is -0.148. The van der Waals surface area contributed by atoms with Crippen LogP contribution in [0.25, 0.3) is 0 Å². The second-order valence-corrected chi connectivity index (χ2v) is 8.20. The van der Waals surface area contributed by atoms with E-state index < -0.39 is 11.4 Å². The van der Waals surface area contributed by atoms with Crippen molar-refractivity contribution in [3.05, 3.63) is 35.4 Å². The van der Waals surface area contributed by atoms with Gasteiger partial charge in [-0.25, -0.2) is 0 Å². The van der Waals surface area contributed by atoms with Gasteiger partial charge in [0.1, 0.15) is 0 Å². The van der Waals surface area contributed by atoms with Crippen molar-refractivity contribution in [3.8, 4) is 6.07 Å². The van der Waals surface area contributed by atoms with E-state index in [1.807, 2.05) is 36.0 Å². The molecule has 2 atom stereocenters. The Hall–Kier alpha value is -1.55. The Balaban J connectivity index is 1.63. The highest BCUT2D eigenvalue weighted by atomic mass is 32.2. The summed E-state index contributed by atoms with van der Waals surface area (Å²) in [4.78, 5) is 16.7. The van der Waals surface area contributed by atoms with Gasteiger partial charge in [-0.2, -0.15) is 17.0 Å². The van der Waals surface area contributed by atoms with Crippen molar-refractivity contribution in [1.29, 1.82) is 5.26 Å². The Morgan fingerprint density at radius 1 is 1.32 bits per heavy atom. The molecule has 0 aliphatic carbocycles. The first-order valence-corrected chi connectivity index (χ1v) is 10.1. The zero-order chi connectivity index (χ0) is 17.9. The number of likely N-dealkylation sites (tertiary alicyclic amines) is 2. The lowest BCUT2D eigenvalue weighted by Crippen LogP contribution is -2.41. The number of fused-ring (bicyclic) bond motifs is 1. The van der Waals surface area contributed by atoms with E-state index in [0.717, 1.165) is 43.9 Å². The van der Waals surface area contributed by atoms with E-state index in [1.54, 1.807) is 0 Å². The van der Waals surface area contributed by atoms with Crippen molar-refractivity contribution in [2.45, 2.75) is 13.0 Å². The molecular formula is C19H25N3O2S. The second kappa shape index (κ2) is 7.77. The lowest BCUT2D eigenvalue weighted by Gasteiger charge is -2.25. The average molecular weight is 359 g/mol. The summed E-state index contributed by atoms with van der Waals surface area (Å²) in [6.45, 7) is 4.78. The van der Waals surface area contributed by atoms with Crippen LogP contribution in [0.15, 0.2) is 24.3 Å². The van der Waals surface area contributed by atoms with Crippen molar-refractivity contribution >= 4 is 17.7 Å². The molecule has 1 aromatic rings. The van der Waals surface area contributed by atoms with Gasteiger partial charge < -0.3 is 10.0 Å². The van der Waals surface area contributed by atoms with Gasteiger partial charge in [-0.15, -0.1) is 0 Å². The van der Waals surface area contributed by atoms with E-state index in [4.69, 9.17) is 5.26 Å². The average Bonchev–Trinajstić information content (AvgIpc) is 3.10.